The fourth-order valence-corrected chi connectivity index (χ4v) is 7.39. The Morgan fingerprint density at radius 3 is 2.67 bits per heavy atom. The molecule has 4 aromatic rings. The van der Waals surface area contributed by atoms with E-state index in [0.29, 0.717) is 54.3 Å². The van der Waals surface area contributed by atoms with Gasteiger partial charge in [-0.25, -0.2) is 14.4 Å². The molecule has 204 valence electrons. The third-order valence-corrected chi connectivity index (χ3v) is 9.60. The Hall–Kier alpha value is -4.05. The SMILES string of the molecule is Cc1ccc2c(c1)[C@@H](N)C1(CCN(c3cnc4c(N5CCN6C(=O)CCc7ccc(F)c5c76)n[nH]c4n3)CC1)C2. The molecule has 0 radical (unpaired) electrons. The number of nitrogens with two attached hydrogens (primary N) is 1. The number of carbonyl (C=O) groups is 1. The minimum Gasteiger partial charge on any atom is -0.355 e. The molecular weight excluding hydrogens is 507 g/mol. The van der Waals surface area contributed by atoms with Gasteiger partial charge in [-0.15, -0.1) is 0 Å². The molecule has 40 heavy (non-hydrogen) atoms. The van der Waals surface area contributed by atoms with Crippen molar-refractivity contribution < 1.29 is 9.18 Å². The van der Waals surface area contributed by atoms with Crippen LogP contribution in [0.15, 0.2) is 36.5 Å². The van der Waals surface area contributed by atoms with Crippen LogP contribution in [0.2, 0.25) is 0 Å². The van der Waals surface area contributed by atoms with Gasteiger partial charge < -0.3 is 20.4 Å². The van der Waals surface area contributed by atoms with Crippen molar-refractivity contribution >= 4 is 40.1 Å². The van der Waals surface area contributed by atoms with Crippen LogP contribution in [0.5, 0.6) is 0 Å². The fourth-order valence-electron chi connectivity index (χ4n) is 7.39. The standard InChI is InChI=1S/C30H31FN8O/c1-17-2-3-19-15-30(27(32)20(19)14-17)8-10-37(11-9-30)22-16-33-24-28(34-22)35-36-29(24)39-13-12-38-23(40)7-5-18-4-6-21(31)26(39)25(18)38/h2-4,6,14,16,27H,5,7-13,15,32H2,1H3,(H,34,35,36)/t27-/m1/s1. The number of aromatic amines is 1. The summed E-state index contributed by atoms with van der Waals surface area (Å²) in [6, 6.07) is 10.0. The van der Waals surface area contributed by atoms with E-state index in [0.717, 1.165) is 43.7 Å². The van der Waals surface area contributed by atoms with Crippen LogP contribution in [0.1, 0.15) is 47.6 Å². The molecule has 8 rings (SSSR count). The topological polar surface area (TPSA) is 107 Å². The number of hydrogen-bond donors (Lipinski definition) is 2. The summed E-state index contributed by atoms with van der Waals surface area (Å²) in [5, 5.41) is 7.57. The summed E-state index contributed by atoms with van der Waals surface area (Å²) in [4.78, 5) is 28.0. The summed E-state index contributed by atoms with van der Waals surface area (Å²) < 4.78 is 15.3. The van der Waals surface area contributed by atoms with Gasteiger partial charge in [0.05, 0.1) is 11.9 Å². The number of carbonyl (C=O) groups excluding carboxylic acids is 1. The van der Waals surface area contributed by atoms with Gasteiger partial charge in [0.1, 0.15) is 17.3 Å². The molecule has 1 spiro atoms. The van der Waals surface area contributed by atoms with E-state index in [4.69, 9.17) is 15.7 Å². The number of halogens is 1. The van der Waals surface area contributed by atoms with Gasteiger partial charge in [0.2, 0.25) is 5.91 Å². The number of aromatic nitrogens is 4. The molecule has 0 bridgehead atoms. The largest absolute Gasteiger partial charge is 0.355 e. The lowest BCUT2D eigenvalue weighted by Crippen LogP contribution is -2.45. The van der Waals surface area contributed by atoms with E-state index in [2.05, 4.69) is 40.2 Å². The summed E-state index contributed by atoms with van der Waals surface area (Å²) in [6.45, 7) is 4.75. The average molecular weight is 539 g/mol. The molecule has 1 amide bonds. The number of anilines is 4. The van der Waals surface area contributed by atoms with Crippen molar-refractivity contribution in [3.05, 3.63) is 64.6 Å². The third-order valence-electron chi connectivity index (χ3n) is 9.60. The van der Waals surface area contributed by atoms with Crippen LogP contribution in [0.4, 0.5) is 27.4 Å². The lowest BCUT2D eigenvalue weighted by atomic mass is 9.73. The maximum absolute atomic E-state index is 15.3. The predicted octanol–water partition coefficient (Wildman–Crippen LogP) is 4.07. The van der Waals surface area contributed by atoms with Crippen molar-refractivity contribution in [1.29, 1.82) is 0 Å². The summed E-state index contributed by atoms with van der Waals surface area (Å²) in [7, 11) is 0. The average Bonchev–Trinajstić information content (AvgIpc) is 3.50. The van der Waals surface area contributed by atoms with Crippen molar-refractivity contribution in [3.8, 4) is 0 Å². The lowest BCUT2D eigenvalue weighted by molar-refractivity contribution is -0.118. The highest BCUT2D eigenvalue weighted by molar-refractivity contribution is 6.03. The number of nitrogens with zero attached hydrogens (tertiary/aromatic N) is 6. The zero-order valence-electron chi connectivity index (χ0n) is 22.5. The molecular formula is C30H31FN8O. The predicted molar refractivity (Wildman–Crippen MR) is 151 cm³/mol. The zero-order chi connectivity index (χ0) is 27.2. The Balaban J connectivity index is 1.07. The summed E-state index contributed by atoms with van der Waals surface area (Å²) in [5.41, 5.74) is 14.1. The van der Waals surface area contributed by atoms with Crippen LogP contribution in [-0.2, 0) is 17.6 Å². The first kappa shape index (κ1) is 23.8. The molecule has 3 N–H and O–H groups in total. The van der Waals surface area contributed by atoms with Crippen molar-refractivity contribution in [2.24, 2.45) is 11.1 Å². The van der Waals surface area contributed by atoms with Crippen LogP contribution >= 0.6 is 0 Å². The molecule has 2 aromatic carbocycles. The fraction of sp³-hybridized carbons (Fsp3) is 0.400. The van der Waals surface area contributed by atoms with Crippen molar-refractivity contribution in [2.45, 2.75) is 45.1 Å². The number of rotatable bonds is 2. The Labute approximate surface area is 231 Å². The molecule has 1 atom stereocenters. The van der Waals surface area contributed by atoms with Crippen molar-refractivity contribution in [3.63, 3.8) is 0 Å². The smallest absolute Gasteiger partial charge is 0.227 e. The summed E-state index contributed by atoms with van der Waals surface area (Å²) in [6.07, 6.45) is 5.89. The van der Waals surface area contributed by atoms with E-state index in [1.54, 1.807) is 17.2 Å². The van der Waals surface area contributed by atoms with E-state index in [1.165, 1.54) is 22.8 Å². The second-order valence-electron chi connectivity index (χ2n) is 11.8. The van der Waals surface area contributed by atoms with E-state index in [1.807, 2.05) is 4.90 Å². The quantitative estimate of drug-likeness (QED) is 0.396. The normalized spacial score (nSPS) is 21.3. The van der Waals surface area contributed by atoms with Gasteiger partial charge in [-0.05, 0) is 60.8 Å². The number of benzene rings is 2. The maximum Gasteiger partial charge on any atom is 0.227 e. The van der Waals surface area contributed by atoms with Gasteiger partial charge in [-0.2, -0.15) is 5.10 Å². The maximum atomic E-state index is 15.3. The van der Waals surface area contributed by atoms with Crippen LogP contribution in [0.3, 0.4) is 0 Å². The van der Waals surface area contributed by atoms with Crippen molar-refractivity contribution in [2.75, 3.05) is 40.9 Å². The molecule has 0 unspecified atom stereocenters. The first-order valence-electron chi connectivity index (χ1n) is 14.1. The van der Waals surface area contributed by atoms with Gasteiger partial charge in [0.15, 0.2) is 17.0 Å². The first-order valence-corrected chi connectivity index (χ1v) is 14.1. The molecule has 5 heterocycles. The summed E-state index contributed by atoms with van der Waals surface area (Å²) >= 11 is 0. The Kier molecular flexibility index (Phi) is 5.04. The number of piperidine rings is 1. The molecule has 4 aliphatic rings. The molecule has 3 aliphatic heterocycles. The number of H-pyrrole nitrogens is 1. The summed E-state index contributed by atoms with van der Waals surface area (Å²) in [5.74, 6) is 0.998. The molecule has 9 nitrogen and oxygen atoms in total. The van der Waals surface area contributed by atoms with Gasteiger partial charge in [0, 0.05) is 38.6 Å². The van der Waals surface area contributed by atoms with Crippen molar-refractivity contribution in [1.82, 2.24) is 20.2 Å². The highest BCUT2D eigenvalue weighted by Gasteiger charge is 2.46. The van der Waals surface area contributed by atoms with E-state index in [-0.39, 0.29) is 23.2 Å². The third kappa shape index (κ3) is 3.35. The number of nitrogens with one attached hydrogen (secondary N) is 1. The van der Waals surface area contributed by atoms with Crippen LogP contribution in [-0.4, -0.2) is 52.3 Å². The minimum atomic E-state index is -0.372. The van der Waals surface area contributed by atoms with Crippen LogP contribution < -0.4 is 20.4 Å². The Morgan fingerprint density at radius 2 is 1.82 bits per heavy atom. The molecule has 1 aliphatic carbocycles. The molecule has 10 heteroatoms. The monoisotopic (exact) mass is 538 g/mol. The van der Waals surface area contributed by atoms with E-state index < -0.39 is 0 Å². The van der Waals surface area contributed by atoms with Gasteiger partial charge in [-0.1, -0.05) is 29.8 Å². The van der Waals surface area contributed by atoms with Gasteiger partial charge >= 0.3 is 0 Å². The molecule has 1 saturated heterocycles. The van der Waals surface area contributed by atoms with E-state index >= 15 is 4.39 Å². The first-order chi connectivity index (χ1) is 19.4. The highest BCUT2D eigenvalue weighted by atomic mass is 19.1. The number of hydrogen-bond acceptors (Lipinski definition) is 7. The Morgan fingerprint density at radius 1 is 1.02 bits per heavy atom. The number of aryl methyl sites for hydroxylation is 2. The number of amides is 1. The number of fused-ring (bicyclic) bond motifs is 2. The second-order valence-corrected chi connectivity index (χ2v) is 11.8. The molecule has 0 saturated carbocycles. The highest BCUT2D eigenvalue weighted by Crippen LogP contribution is 2.51. The Bertz CT molecular complexity index is 1690. The van der Waals surface area contributed by atoms with Gasteiger partial charge in [-0.3, -0.25) is 9.89 Å². The minimum absolute atomic E-state index is 0.0381. The van der Waals surface area contributed by atoms with E-state index in [9.17, 15) is 4.79 Å². The zero-order valence-corrected chi connectivity index (χ0v) is 22.5. The molecule has 1 fully saturated rings. The second kappa shape index (κ2) is 8.47. The molecule has 2 aromatic heterocycles. The van der Waals surface area contributed by atoms with Gasteiger partial charge in [0.25, 0.3) is 0 Å². The lowest BCUT2D eigenvalue weighted by Gasteiger charge is -2.42. The van der Waals surface area contributed by atoms with Crippen LogP contribution in [0.25, 0.3) is 11.2 Å². The van der Waals surface area contributed by atoms with Crippen LogP contribution in [0, 0.1) is 18.2 Å².